The summed E-state index contributed by atoms with van der Waals surface area (Å²) in [4.78, 5) is 9.99. The Kier molecular flexibility index (Phi) is 1.15. The molecule has 1 rings (SSSR count). The second kappa shape index (κ2) is 1.82. The van der Waals surface area contributed by atoms with Crippen LogP contribution in [0.25, 0.3) is 0 Å². The van der Waals surface area contributed by atoms with Crippen molar-refractivity contribution in [1.82, 2.24) is 0 Å². The summed E-state index contributed by atoms with van der Waals surface area (Å²) in [6.07, 6.45) is 0.109. The number of ether oxygens (including phenoxy) is 2. The minimum absolute atomic E-state index is 0.457. The number of hydrogen-bond acceptors (Lipinski definition) is 3. The molecule has 0 aromatic rings. The molecule has 1 saturated heterocycles. The molecule has 0 N–H and O–H groups in total. The minimum Gasteiger partial charge on any atom is -0.434 e. The van der Waals surface area contributed by atoms with E-state index in [4.69, 9.17) is 0 Å². The minimum atomic E-state index is -0.591. The average Bonchev–Trinajstić information content (AvgIpc) is 1.69. The van der Waals surface area contributed by atoms with E-state index >= 15 is 0 Å². The van der Waals surface area contributed by atoms with E-state index in [0.717, 1.165) is 0 Å². The molecule has 0 aliphatic carbocycles. The van der Waals surface area contributed by atoms with Gasteiger partial charge in [-0.25, -0.2) is 4.79 Å². The number of cyclic esters (lactones) is 2. The number of carbonyl (C=O) groups is 1. The van der Waals surface area contributed by atoms with E-state index in [9.17, 15) is 4.79 Å². The lowest BCUT2D eigenvalue weighted by molar-refractivity contribution is 0.0445. The first-order valence-corrected chi connectivity index (χ1v) is 2.04. The molecule has 0 spiro atoms. The maximum absolute atomic E-state index is 9.99. The molecule has 0 aromatic carbocycles. The smallest absolute Gasteiger partial charge is 0.434 e. The Balaban J connectivity index is 2.25. The molecule has 1 heterocycles. The molecular weight excluding hydrogens is 96.0 g/mol. The summed E-state index contributed by atoms with van der Waals surface area (Å²) in [7, 11) is 0. The van der Waals surface area contributed by atoms with Gasteiger partial charge in [-0.2, -0.15) is 0 Å². The first kappa shape index (κ1) is 4.43. The van der Waals surface area contributed by atoms with Crippen LogP contribution >= 0.6 is 0 Å². The highest BCUT2D eigenvalue weighted by Crippen LogP contribution is 2.00. The van der Waals surface area contributed by atoms with E-state index in [2.05, 4.69) is 9.47 Å². The predicted molar refractivity (Wildman–Crippen MR) is 21.3 cm³/mol. The van der Waals surface area contributed by atoms with E-state index < -0.39 is 6.16 Å². The number of rotatable bonds is 0. The van der Waals surface area contributed by atoms with Gasteiger partial charge in [0.15, 0.2) is 0 Å². The van der Waals surface area contributed by atoms with Crippen molar-refractivity contribution in [1.29, 1.82) is 0 Å². The zero-order chi connectivity index (χ0) is 5.11. The van der Waals surface area contributed by atoms with Crippen molar-refractivity contribution in [2.45, 2.75) is 6.42 Å². The molecule has 1 fully saturated rings. The summed E-state index contributed by atoms with van der Waals surface area (Å²) >= 11 is 0. The zero-order valence-corrected chi connectivity index (χ0v) is 3.72. The summed E-state index contributed by atoms with van der Waals surface area (Å²) in [6, 6.07) is 0. The van der Waals surface area contributed by atoms with E-state index in [-0.39, 0.29) is 0 Å². The Hall–Kier alpha value is -0.730. The third-order valence-electron chi connectivity index (χ3n) is 0.635. The largest absolute Gasteiger partial charge is 0.508 e. The van der Waals surface area contributed by atoms with E-state index in [0.29, 0.717) is 13.0 Å². The Morgan fingerprint density at radius 1 is 1.71 bits per heavy atom. The fourth-order valence-corrected chi connectivity index (χ4v) is 0.351. The van der Waals surface area contributed by atoms with Gasteiger partial charge < -0.3 is 9.47 Å². The summed E-state index contributed by atoms with van der Waals surface area (Å²) < 4.78 is 8.68. The van der Waals surface area contributed by atoms with Crippen molar-refractivity contribution >= 4 is 6.16 Å². The van der Waals surface area contributed by atoms with E-state index in [1.54, 1.807) is 0 Å². The van der Waals surface area contributed by atoms with Crippen LogP contribution in [0, 0.1) is 6.61 Å². The van der Waals surface area contributed by atoms with Crippen molar-refractivity contribution in [2.75, 3.05) is 6.61 Å². The highest BCUT2D eigenvalue weighted by atomic mass is 16.7. The lowest BCUT2D eigenvalue weighted by Gasteiger charge is -2.08. The molecule has 0 aromatic heterocycles. The molecule has 1 aliphatic rings. The van der Waals surface area contributed by atoms with Crippen molar-refractivity contribution in [3.8, 4) is 0 Å². The molecule has 0 unspecified atom stereocenters. The van der Waals surface area contributed by atoms with Crippen molar-refractivity contribution < 1.29 is 14.3 Å². The molecule has 3 nitrogen and oxygen atoms in total. The van der Waals surface area contributed by atoms with Crippen molar-refractivity contribution in [2.24, 2.45) is 0 Å². The SMILES string of the molecule is O=C1O[CH]CCO1. The van der Waals surface area contributed by atoms with Crippen LogP contribution in [-0.2, 0) is 9.47 Å². The summed E-state index contributed by atoms with van der Waals surface area (Å²) in [6.45, 7) is 1.89. The quantitative estimate of drug-likeness (QED) is 0.421. The summed E-state index contributed by atoms with van der Waals surface area (Å²) in [5.41, 5.74) is 0. The number of carbonyl (C=O) groups excluding carboxylic acids is 1. The van der Waals surface area contributed by atoms with Gasteiger partial charge in [-0.05, 0) is 0 Å². The molecule has 0 bridgehead atoms. The van der Waals surface area contributed by atoms with Gasteiger partial charge in [-0.3, -0.25) is 0 Å². The maximum Gasteiger partial charge on any atom is 0.508 e. The third kappa shape index (κ3) is 1.07. The first-order chi connectivity index (χ1) is 3.39. The summed E-state index contributed by atoms with van der Waals surface area (Å²) in [5.74, 6) is 0. The number of hydrogen-bond donors (Lipinski definition) is 0. The van der Waals surface area contributed by atoms with Gasteiger partial charge in [0, 0.05) is 6.42 Å². The van der Waals surface area contributed by atoms with Gasteiger partial charge in [-0.1, -0.05) is 0 Å². The van der Waals surface area contributed by atoms with Crippen LogP contribution in [0.4, 0.5) is 4.79 Å². The van der Waals surface area contributed by atoms with Gasteiger partial charge in [0.05, 0.1) is 6.61 Å². The highest BCUT2D eigenvalue weighted by Gasteiger charge is 2.08. The second-order valence-corrected chi connectivity index (χ2v) is 1.17. The van der Waals surface area contributed by atoms with Crippen LogP contribution < -0.4 is 0 Å². The van der Waals surface area contributed by atoms with Crippen molar-refractivity contribution in [3.05, 3.63) is 6.61 Å². The molecular formula is C4H5O3. The van der Waals surface area contributed by atoms with Gasteiger partial charge in [0.25, 0.3) is 0 Å². The van der Waals surface area contributed by atoms with Gasteiger partial charge in [0.1, 0.15) is 6.61 Å². The summed E-state index contributed by atoms with van der Waals surface area (Å²) in [5, 5.41) is 0. The standard InChI is InChI=1S/C4H5O3/c5-4-6-2-1-3-7-4/h2H,1,3H2. The fraction of sp³-hybridized carbons (Fsp3) is 0.500. The molecule has 7 heavy (non-hydrogen) atoms. The third-order valence-corrected chi connectivity index (χ3v) is 0.635. The molecule has 3 heteroatoms. The lowest BCUT2D eigenvalue weighted by atomic mass is 10.5. The maximum atomic E-state index is 9.99. The van der Waals surface area contributed by atoms with Crippen LogP contribution in [0.2, 0.25) is 0 Å². The Morgan fingerprint density at radius 2 is 2.57 bits per heavy atom. The average molecular weight is 101 g/mol. The molecule has 1 radical (unpaired) electrons. The lowest BCUT2D eigenvalue weighted by Crippen LogP contribution is -2.13. The van der Waals surface area contributed by atoms with Crippen LogP contribution in [0.15, 0.2) is 0 Å². The van der Waals surface area contributed by atoms with Gasteiger partial charge in [0.2, 0.25) is 0 Å². The predicted octanol–water partition coefficient (Wildman–Crippen LogP) is 0.705. The van der Waals surface area contributed by atoms with Crippen LogP contribution in [0.1, 0.15) is 6.42 Å². The molecule has 0 amide bonds. The van der Waals surface area contributed by atoms with Crippen LogP contribution in [-0.4, -0.2) is 12.8 Å². The second-order valence-electron chi connectivity index (χ2n) is 1.17. The van der Waals surface area contributed by atoms with E-state index in [1.165, 1.54) is 6.61 Å². The molecule has 0 saturated carbocycles. The topological polar surface area (TPSA) is 35.5 Å². The van der Waals surface area contributed by atoms with Gasteiger partial charge >= 0.3 is 6.16 Å². The fourth-order valence-electron chi connectivity index (χ4n) is 0.351. The van der Waals surface area contributed by atoms with E-state index in [1.807, 2.05) is 0 Å². The van der Waals surface area contributed by atoms with Crippen LogP contribution in [0.5, 0.6) is 0 Å². The Bertz CT molecular complexity index is 71.0. The molecule has 39 valence electrons. The Labute approximate surface area is 41.2 Å². The molecule has 1 aliphatic heterocycles. The monoisotopic (exact) mass is 101 g/mol. The zero-order valence-electron chi connectivity index (χ0n) is 3.72. The van der Waals surface area contributed by atoms with Crippen LogP contribution in [0.3, 0.4) is 0 Å². The van der Waals surface area contributed by atoms with Gasteiger partial charge in [-0.15, -0.1) is 0 Å². The van der Waals surface area contributed by atoms with Crippen molar-refractivity contribution in [3.63, 3.8) is 0 Å². The normalized spacial score (nSPS) is 20.3. The molecule has 0 atom stereocenters. The Morgan fingerprint density at radius 3 is 2.86 bits per heavy atom. The highest BCUT2D eigenvalue weighted by molar-refractivity contribution is 5.60. The first-order valence-electron chi connectivity index (χ1n) is 2.04.